The van der Waals surface area contributed by atoms with Crippen molar-refractivity contribution in [2.75, 3.05) is 26.7 Å². The largest absolute Gasteiger partial charge is 0.469 e. The second-order valence-corrected chi connectivity index (χ2v) is 4.30. The summed E-state index contributed by atoms with van der Waals surface area (Å²) < 4.78 is 5.51. The smallest absolute Gasteiger partial charge is 0.112 e. The quantitative estimate of drug-likeness (QED) is 0.769. The Morgan fingerprint density at radius 3 is 3.07 bits per heavy atom. The Kier molecular flexibility index (Phi) is 2.61. The molecule has 1 unspecified atom stereocenters. The molecule has 3 heteroatoms. The van der Waals surface area contributed by atoms with Crippen LogP contribution < -0.4 is 5.73 Å². The average Bonchev–Trinajstić information content (AvgIpc) is 2.71. The predicted molar refractivity (Wildman–Crippen MR) is 56.2 cm³/mol. The number of piperidine rings is 1. The van der Waals surface area contributed by atoms with Crippen molar-refractivity contribution in [2.24, 2.45) is 5.73 Å². The summed E-state index contributed by atoms with van der Waals surface area (Å²) in [5.41, 5.74) is 5.96. The highest BCUT2D eigenvalue weighted by Crippen LogP contribution is 2.32. The molecule has 78 valence electrons. The van der Waals surface area contributed by atoms with Crippen molar-refractivity contribution >= 4 is 0 Å². The van der Waals surface area contributed by atoms with Crippen LogP contribution in [-0.4, -0.2) is 31.6 Å². The molecule has 2 rings (SSSR count). The van der Waals surface area contributed by atoms with Gasteiger partial charge in [0.1, 0.15) is 5.76 Å². The van der Waals surface area contributed by atoms with Gasteiger partial charge in [0.05, 0.1) is 11.7 Å². The molecule has 1 aromatic rings. The molecular formula is C11H18N2O. The molecule has 0 saturated carbocycles. The first-order chi connectivity index (χ1) is 6.77. The minimum atomic E-state index is 0.0521. The van der Waals surface area contributed by atoms with Gasteiger partial charge in [-0.2, -0.15) is 0 Å². The van der Waals surface area contributed by atoms with Crippen molar-refractivity contribution in [3.8, 4) is 0 Å². The molecule has 0 bridgehead atoms. The van der Waals surface area contributed by atoms with Gasteiger partial charge < -0.3 is 15.1 Å². The highest BCUT2D eigenvalue weighted by atomic mass is 16.3. The second-order valence-electron chi connectivity index (χ2n) is 4.30. The van der Waals surface area contributed by atoms with Crippen LogP contribution in [0.4, 0.5) is 0 Å². The van der Waals surface area contributed by atoms with Gasteiger partial charge in [0, 0.05) is 13.1 Å². The van der Waals surface area contributed by atoms with Gasteiger partial charge in [0.25, 0.3) is 0 Å². The molecule has 0 aromatic carbocycles. The van der Waals surface area contributed by atoms with Gasteiger partial charge in [0.2, 0.25) is 0 Å². The number of likely N-dealkylation sites (tertiary alicyclic amines) is 1. The predicted octanol–water partition coefficient (Wildman–Crippen LogP) is 1.20. The molecule has 1 aromatic heterocycles. The van der Waals surface area contributed by atoms with Crippen molar-refractivity contribution in [2.45, 2.75) is 18.3 Å². The van der Waals surface area contributed by atoms with Gasteiger partial charge >= 0.3 is 0 Å². The third-order valence-electron chi connectivity index (χ3n) is 3.20. The molecular weight excluding hydrogens is 176 g/mol. The van der Waals surface area contributed by atoms with E-state index >= 15 is 0 Å². The normalized spacial score (nSPS) is 29.3. The molecule has 0 spiro atoms. The van der Waals surface area contributed by atoms with Crippen molar-refractivity contribution < 1.29 is 4.42 Å². The van der Waals surface area contributed by atoms with Crippen LogP contribution in [0.25, 0.3) is 0 Å². The van der Waals surface area contributed by atoms with E-state index in [-0.39, 0.29) is 5.41 Å². The van der Waals surface area contributed by atoms with E-state index in [1.54, 1.807) is 6.26 Å². The molecule has 0 aliphatic carbocycles. The SMILES string of the molecule is CN1CCCC(CN)(c2ccco2)C1. The molecule has 3 nitrogen and oxygen atoms in total. The van der Waals surface area contributed by atoms with E-state index in [9.17, 15) is 0 Å². The van der Waals surface area contributed by atoms with Gasteiger partial charge in [-0.1, -0.05) is 0 Å². The maximum absolute atomic E-state index is 5.90. The van der Waals surface area contributed by atoms with Crippen LogP contribution in [0.3, 0.4) is 0 Å². The first-order valence-electron chi connectivity index (χ1n) is 5.19. The molecule has 2 heterocycles. The van der Waals surface area contributed by atoms with Gasteiger partial charge in [0.15, 0.2) is 0 Å². The Bertz CT molecular complexity index is 283. The van der Waals surface area contributed by atoms with Crippen LogP contribution in [-0.2, 0) is 5.41 Å². The van der Waals surface area contributed by atoms with Crippen molar-refractivity contribution in [3.05, 3.63) is 24.2 Å². The van der Waals surface area contributed by atoms with Crippen LogP contribution in [0.15, 0.2) is 22.8 Å². The van der Waals surface area contributed by atoms with E-state index in [1.807, 2.05) is 12.1 Å². The standard InChI is InChI=1S/C11H18N2O/c1-13-6-3-5-11(8-12,9-13)10-4-2-7-14-10/h2,4,7H,3,5-6,8-9,12H2,1H3. The van der Waals surface area contributed by atoms with Gasteiger partial charge in [-0.25, -0.2) is 0 Å². The summed E-state index contributed by atoms with van der Waals surface area (Å²) in [6, 6.07) is 3.99. The third kappa shape index (κ3) is 1.57. The van der Waals surface area contributed by atoms with Gasteiger partial charge in [-0.15, -0.1) is 0 Å². The summed E-state index contributed by atoms with van der Waals surface area (Å²) in [5, 5.41) is 0. The van der Waals surface area contributed by atoms with E-state index in [1.165, 1.54) is 13.0 Å². The Morgan fingerprint density at radius 2 is 2.50 bits per heavy atom. The Balaban J connectivity index is 2.25. The molecule has 0 amide bonds. The Morgan fingerprint density at radius 1 is 1.64 bits per heavy atom. The maximum Gasteiger partial charge on any atom is 0.112 e. The van der Waals surface area contributed by atoms with Gasteiger partial charge in [-0.3, -0.25) is 0 Å². The van der Waals surface area contributed by atoms with Crippen molar-refractivity contribution in [1.82, 2.24) is 4.90 Å². The summed E-state index contributed by atoms with van der Waals surface area (Å²) in [7, 11) is 2.15. The molecule has 1 saturated heterocycles. The first-order valence-corrected chi connectivity index (χ1v) is 5.19. The fraction of sp³-hybridized carbons (Fsp3) is 0.636. The summed E-state index contributed by atoms with van der Waals surface area (Å²) in [4.78, 5) is 2.33. The van der Waals surface area contributed by atoms with Crippen LogP contribution >= 0.6 is 0 Å². The topological polar surface area (TPSA) is 42.4 Å². The monoisotopic (exact) mass is 194 g/mol. The fourth-order valence-corrected chi connectivity index (χ4v) is 2.41. The van der Waals surface area contributed by atoms with Crippen LogP contribution in [0.1, 0.15) is 18.6 Å². The molecule has 1 aliphatic rings. The Labute approximate surface area is 84.9 Å². The van der Waals surface area contributed by atoms with Gasteiger partial charge in [-0.05, 0) is 38.6 Å². The molecule has 0 radical (unpaired) electrons. The number of hydrogen-bond donors (Lipinski definition) is 1. The lowest BCUT2D eigenvalue weighted by molar-refractivity contribution is 0.158. The van der Waals surface area contributed by atoms with E-state index < -0.39 is 0 Å². The molecule has 1 atom stereocenters. The summed E-state index contributed by atoms with van der Waals surface area (Å²) in [5.74, 6) is 1.05. The minimum Gasteiger partial charge on any atom is -0.469 e. The lowest BCUT2D eigenvalue weighted by Crippen LogP contribution is -2.48. The highest BCUT2D eigenvalue weighted by Gasteiger charge is 2.37. The van der Waals surface area contributed by atoms with Crippen LogP contribution in [0, 0.1) is 0 Å². The highest BCUT2D eigenvalue weighted by molar-refractivity contribution is 5.17. The first kappa shape index (κ1) is 9.74. The Hall–Kier alpha value is -0.800. The van der Waals surface area contributed by atoms with E-state index in [0.29, 0.717) is 6.54 Å². The number of furan rings is 1. The van der Waals surface area contributed by atoms with E-state index in [2.05, 4.69) is 11.9 Å². The summed E-state index contributed by atoms with van der Waals surface area (Å²) in [6.45, 7) is 2.85. The zero-order valence-corrected chi connectivity index (χ0v) is 8.70. The zero-order valence-electron chi connectivity index (χ0n) is 8.70. The van der Waals surface area contributed by atoms with E-state index in [0.717, 1.165) is 18.7 Å². The second kappa shape index (κ2) is 3.75. The number of rotatable bonds is 2. The molecule has 1 fully saturated rings. The zero-order chi connectivity index (χ0) is 10.0. The average molecular weight is 194 g/mol. The minimum absolute atomic E-state index is 0.0521. The molecule has 14 heavy (non-hydrogen) atoms. The maximum atomic E-state index is 5.90. The van der Waals surface area contributed by atoms with Crippen LogP contribution in [0.5, 0.6) is 0 Å². The number of nitrogens with two attached hydrogens (primary N) is 1. The lowest BCUT2D eigenvalue weighted by Gasteiger charge is -2.39. The number of likely N-dealkylation sites (N-methyl/N-ethyl adjacent to an activating group) is 1. The summed E-state index contributed by atoms with van der Waals surface area (Å²) >= 11 is 0. The number of nitrogens with zero attached hydrogens (tertiary/aromatic N) is 1. The number of hydrogen-bond acceptors (Lipinski definition) is 3. The fourth-order valence-electron chi connectivity index (χ4n) is 2.41. The molecule has 1 aliphatic heterocycles. The summed E-state index contributed by atoms with van der Waals surface area (Å²) in [6.07, 6.45) is 4.08. The van der Waals surface area contributed by atoms with Crippen molar-refractivity contribution in [3.63, 3.8) is 0 Å². The third-order valence-corrected chi connectivity index (χ3v) is 3.20. The van der Waals surface area contributed by atoms with E-state index in [4.69, 9.17) is 10.2 Å². The van der Waals surface area contributed by atoms with Crippen LogP contribution in [0.2, 0.25) is 0 Å². The van der Waals surface area contributed by atoms with Crippen molar-refractivity contribution in [1.29, 1.82) is 0 Å². The lowest BCUT2D eigenvalue weighted by atomic mass is 9.78. The molecule has 2 N–H and O–H groups in total.